The number of aromatic nitrogens is 2. The second-order valence-electron chi connectivity index (χ2n) is 4.59. The Morgan fingerprint density at radius 3 is 2.85 bits per heavy atom. The molecule has 0 spiro atoms. The Morgan fingerprint density at radius 2 is 2.10 bits per heavy atom. The van der Waals surface area contributed by atoms with Gasteiger partial charge >= 0.3 is 0 Å². The topological polar surface area (TPSA) is 46.1 Å². The maximum absolute atomic E-state index is 13.9. The largest absolute Gasteiger partial charge is 0.334 e. The summed E-state index contributed by atoms with van der Waals surface area (Å²) < 4.78 is 14.8. The molecule has 1 aromatic heterocycles. The summed E-state index contributed by atoms with van der Waals surface area (Å²) in [5.41, 5.74) is 2.00. The van der Waals surface area contributed by atoms with E-state index in [9.17, 15) is 9.18 Å². The maximum atomic E-state index is 13.9. The Kier molecular flexibility index (Phi) is 3.48. The zero-order valence-corrected chi connectivity index (χ0v) is 12.1. The average Bonchev–Trinajstić information content (AvgIpc) is 2.51. The summed E-state index contributed by atoms with van der Waals surface area (Å²) in [6.45, 7) is 0.845. The van der Waals surface area contributed by atoms with Gasteiger partial charge in [0.1, 0.15) is 5.82 Å². The van der Waals surface area contributed by atoms with Gasteiger partial charge in [-0.1, -0.05) is 15.9 Å². The molecule has 1 aromatic carbocycles. The molecular formula is C14H11BrFN3O. The molecule has 0 fully saturated rings. The molecule has 2 aromatic rings. The molecule has 0 bridgehead atoms. The van der Waals surface area contributed by atoms with Crippen LogP contribution < -0.4 is 0 Å². The highest BCUT2D eigenvalue weighted by Crippen LogP contribution is 2.29. The van der Waals surface area contributed by atoms with E-state index in [1.54, 1.807) is 17.0 Å². The molecule has 0 atom stereocenters. The van der Waals surface area contributed by atoms with Crippen LogP contribution in [0.1, 0.15) is 21.5 Å². The average molecular weight is 336 g/mol. The number of amides is 1. The van der Waals surface area contributed by atoms with Gasteiger partial charge in [-0.15, -0.1) is 0 Å². The molecule has 6 heteroatoms. The first-order chi connectivity index (χ1) is 9.66. The van der Waals surface area contributed by atoms with Crippen molar-refractivity contribution in [3.8, 4) is 0 Å². The van der Waals surface area contributed by atoms with Crippen molar-refractivity contribution >= 4 is 21.8 Å². The van der Waals surface area contributed by atoms with E-state index in [-0.39, 0.29) is 18.3 Å². The lowest BCUT2D eigenvalue weighted by Gasteiger charge is -2.29. The molecule has 1 aliphatic heterocycles. The van der Waals surface area contributed by atoms with E-state index in [2.05, 4.69) is 26.1 Å². The SMILES string of the molecule is O=C(c1ccnnc1)N1CCc2c(Br)ccc(F)c2C1. The second-order valence-corrected chi connectivity index (χ2v) is 5.45. The summed E-state index contributed by atoms with van der Waals surface area (Å²) in [5, 5.41) is 7.35. The second kappa shape index (κ2) is 5.28. The lowest BCUT2D eigenvalue weighted by Crippen LogP contribution is -2.36. The number of fused-ring (bicyclic) bond motifs is 1. The van der Waals surface area contributed by atoms with Crippen LogP contribution >= 0.6 is 15.9 Å². The molecule has 0 saturated carbocycles. The minimum absolute atomic E-state index is 0.148. The molecule has 0 unspecified atom stereocenters. The van der Waals surface area contributed by atoms with Gasteiger partial charge in [0.2, 0.25) is 0 Å². The van der Waals surface area contributed by atoms with E-state index in [1.807, 2.05) is 0 Å². The monoisotopic (exact) mass is 335 g/mol. The lowest BCUT2D eigenvalue weighted by atomic mass is 9.99. The Labute approximate surface area is 123 Å². The molecule has 0 saturated heterocycles. The Morgan fingerprint density at radius 1 is 1.25 bits per heavy atom. The van der Waals surface area contributed by atoms with Gasteiger partial charge in [0.25, 0.3) is 5.91 Å². The fourth-order valence-electron chi connectivity index (χ4n) is 2.37. The molecule has 3 rings (SSSR count). The maximum Gasteiger partial charge on any atom is 0.255 e. The van der Waals surface area contributed by atoms with E-state index in [4.69, 9.17) is 0 Å². The summed E-state index contributed by atoms with van der Waals surface area (Å²) >= 11 is 3.43. The standard InChI is InChI=1S/C14H11BrFN3O/c15-12-1-2-13(16)11-8-19(6-4-10(11)12)14(20)9-3-5-17-18-7-9/h1-3,5,7H,4,6,8H2. The Bertz CT molecular complexity index is 663. The number of hydrogen-bond acceptors (Lipinski definition) is 3. The van der Waals surface area contributed by atoms with Gasteiger partial charge in [-0.25, -0.2) is 4.39 Å². The first-order valence-electron chi connectivity index (χ1n) is 6.18. The van der Waals surface area contributed by atoms with E-state index < -0.39 is 0 Å². The fraction of sp³-hybridized carbons (Fsp3) is 0.214. The minimum atomic E-state index is -0.270. The Hall–Kier alpha value is -1.82. The van der Waals surface area contributed by atoms with Crippen LogP contribution in [-0.2, 0) is 13.0 Å². The number of carbonyl (C=O) groups excluding carboxylic acids is 1. The normalized spacial score (nSPS) is 14.0. The summed E-state index contributed by atoms with van der Waals surface area (Å²) in [7, 11) is 0. The third kappa shape index (κ3) is 2.31. The van der Waals surface area contributed by atoms with Crippen molar-refractivity contribution in [2.45, 2.75) is 13.0 Å². The van der Waals surface area contributed by atoms with Crippen molar-refractivity contribution < 1.29 is 9.18 Å². The van der Waals surface area contributed by atoms with Crippen LogP contribution in [0.25, 0.3) is 0 Å². The van der Waals surface area contributed by atoms with Gasteiger partial charge in [0.05, 0.1) is 18.0 Å². The van der Waals surface area contributed by atoms with Crippen molar-refractivity contribution in [3.05, 3.63) is 57.6 Å². The van der Waals surface area contributed by atoms with Crippen LogP contribution in [0.3, 0.4) is 0 Å². The highest BCUT2D eigenvalue weighted by molar-refractivity contribution is 9.10. The van der Waals surface area contributed by atoms with Gasteiger partial charge in [0, 0.05) is 23.1 Å². The fourth-order valence-corrected chi connectivity index (χ4v) is 2.94. The molecule has 102 valence electrons. The third-order valence-electron chi connectivity index (χ3n) is 3.42. The van der Waals surface area contributed by atoms with E-state index in [0.29, 0.717) is 24.1 Å². The van der Waals surface area contributed by atoms with Crippen LogP contribution in [0.15, 0.2) is 35.1 Å². The zero-order valence-electron chi connectivity index (χ0n) is 10.5. The van der Waals surface area contributed by atoms with Crippen LogP contribution in [0, 0.1) is 5.82 Å². The first kappa shape index (κ1) is 13.2. The number of rotatable bonds is 1. The molecule has 2 heterocycles. The zero-order chi connectivity index (χ0) is 14.1. The summed E-state index contributed by atoms with van der Waals surface area (Å²) in [6, 6.07) is 4.74. The number of carbonyl (C=O) groups is 1. The van der Waals surface area contributed by atoms with Crippen molar-refractivity contribution in [2.24, 2.45) is 0 Å². The quantitative estimate of drug-likeness (QED) is 0.804. The van der Waals surface area contributed by atoms with Gasteiger partial charge in [0.15, 0.2) is 0 Å². The number of hydrogen-bond donors (Lipinski definition) is 0. The number of benzene rings is 1. The molecule has 1 aliphatic rings. The summed E-state index contributed by atoms with van der Waals surface area (Å²) in [4.78, 5) is 14.0. The first-order valence-corrected chi connectivity index (χ1v) is 6.98. The van der Waals surface area contributed by atoms with E-state index in [1.165, 1.54) is 18.5 Å². The molecule has 0 N–H and O–H groups in total. The van der Waals surface area contributed by atoms with Gasteiger partial charge in [-0.2, -0.15) is 10.2 Å². The third-order valence-corrected chi connectivity index (χ3v) is 4.16. The Balaban J connectivity index is 1.89. The van der Waals surface area contributed by atoms with Crippen molar-refractivity contribution in [2.75, 3.05) is 6.54 Å². The van der Waals surface area contributed by atoms with Gasteiger partial charge in [-0.3, -0.25) is 4.79 Å². The molecular weight excluding hydrogens is 325 g/mol. The molecule has 0 aliphatic carbocycles. The predicted octanol–water partition coefficient (Wildman–Crippen LogP) is 2.58. The van der Waals surface area contributed by atoms with Gasteiger partial charge in [-0.05, 0) is 30.2 Å². The molecule has 4 nitrogen and oxygen atoms in total. The van der Waals surface area contributed by atoms with Crippen molar-refractivity contribution in [3.63, 3.8) is 0 Å². The smallest absolute Gasteiger partial charge is 0.255 e. The van der Waals surface area contributed by atoms with Crippen LogP contribution in [0.5, 0.6) is 0 Å². The van der Waals surface area contributed by atoms with Crippen molar-refractivity contribution in [1.82, 2.24) is 15.1 Å². The van der Waals surface area contributed by atoms with Crippen LogP contribution in [0.2, 0.25) is 0 Å². The summed E-state index contributed by atoms with van der Waals surface area (Å²) in [6.07, 6.45) is 3.54. The lowest BCUT2D eigenvalue weighted by molar-refractivity contribution is 0.0731. The molecule has 1 amide bonds. The van der Waals surface area contributed by atoms with Crippen LogP contribution in [0.4, 0.5) is 4.39 Å². The number of halogens is 2. The molecule has 20 heavy (non-hydrogen) atoms. The van der Waals surface area contributed by atoms with Gasteiger partial charge < -0.3 is 4.90 Å². The predicted molar refractivity (Wildman–Crippen MR) is 74.6 cm³/mol. The number of nitrogens with zero attached hydrogens (tertiary/aromatic N) is 3. The highest BCUT2D eigenvalue weighted by atomic mass is 79.9. The van der Waals surface area contributed by atoms with E-state index in [0.717, 1.165) is 10.0 Å². The summed E-state index contributed by atoms with van der Waals surface area (Å²) in [5.74, 6) is -0.418. The van der Waals surface area contributed by atoms with Crippen molar-refractivity contribution in [1.29, 1.82) is 0 Å². The highest BCUT2D eigenvalue weighted by Gasteiger charge is 2.25. The van der Waals surface area contributed by atoms with E-state index >= 15 is 0 Å². The molecule has 0 radical (unpaired) electrons. The van der Waals surface area contributed by atoms with Crippen LogP contribution in [-0.4, -0.2) is 27.5 Å². The minimum Gasteiger partial charge on any atom is -0.334 e.